The van der Waals surface area contributed by atoms with Crippen molar-refractivity contribution in [2.45, 2.75) is 66.8 Å². The van der Waals surface area contributed by atoms with Gasteiger partial charge in [-0.15, -0.1) is 0 Å². The first-order valence-corrected chi connectivity index (χ1v) is 12.5. The normalized spacial score (nSPS) is 14.2. The number of nitrogens with zero attached hydrogens (tertiary/aromatic N) is 2. The summed E-state index contributed by atoms with van der Waals surface area (Å²) in [4.78, 5) is 36.5. The second-order valence-electron chi connectivity index (χ2n) is 9.64. The minimum absolute atomic E-state index is 0.0736. The number of rotatable bonds is 7. The van der Waals surface area contributed by atoms with Crippen LogP contribution in [0.4, 0.5) is 0 Å². The van der Waals surface area contributed by atoms with Crippen LogP contribution in [-0.4, -0.2) is 73.0 Å². The van der Waals surface area contributed by atoms with Gasteiger partial charge in [0.25, 0.3) is 0 Å². The minimum Gasteiger partial charge on any atom is -0.478 e. The van der Waals surface area contributed by atoms with E-state index >= 15 is 0 Å². The van der Waals surface area contributed by atoms with E-state index in [2.05, 4.69) is 38.0 Å². The predicted molar refractivity (Wildman–Crippen MR) is 145 cm³/mol. The van der Waals surface area contributed by atoms with E-state index in [1.54, 1.807) is 13.1 Å². The fraction of sp³-hybridized carbons (Fsp3) is 0.607. The topological polar surface area (TPSA) is 90.0 Å². The Morgan fingerprint density at radius 1 is 0.971 bits per heavy atom. The van der Waals surface area contributed by atoms with Crippen molar-refractivity contribution >= 4 is 18.3 Å². The Kier molecular flexibility index (Phi) is 21.5. The van der Waals surface area contributed by atoms with Gasteiger partial charge in [-0.2, -0.15) is 0 Å². The third-order valence-corrected chi connectivity index (χ3v) is 4.86. The Hall–Kier alpha value is -2.67. The molecular formula is C28H49N3O4. The van der Waals surface area contributed by atoms with Crippen LogP contribution in [-0.2, 0) is 14.4 Å². The largest absolute Gasteiger partial charge is 0.478 e. The molecule has 0 aromatic heterocycles. The number of aliphatic carboxylic acids is 1. The first-order chi connectivity index (χ1) is 16.4. The van der Waals surface area contributed by atoms with E-state index in [-0.39, 0.29) is 30.0 Å². The van der Waals surface area contributed by atoms with E-state index in [0.717, 1.165) is 5.92 Å². The minimum atomic E-state index is -1.01. The molecule has 1 unspecified atom stereocenters. The molecule has 0 radical (unpaired) electrons. The lowest BCUT2D eigenvalue weighted by atomic mass is 10.00. The quantitative estimate of drug-likeness (QED) is 0.426. The van der Waals surface area contributed by atoms with Gasteiger partial charge >= 0.3 is 5.97 Å². The van der Waals surface area contributed by atoms with Crippen molar-refractivity contribution in [1.29, 1.82) is 0 Å². The summed E-state index contributed by atoms with van der Waals surface area (Å²) < 4.78 is 0. The maximum absolute atomic E-state index is 11.7. The molecule has 2 rings (SSSR count). The third-order valence-electron chi connectivity index (χ3n) is 4.86. The van der Waals surface area contributed by atoms with Gasteiger partial charge in [0.15, 0.2) is 0 Å². The summed E-state index contributed by atoms with van der Waals surface area (Å²) in [6.45, 7) is 14.3. The van der Waals surface area contributed by atoms with Crippen LogP contribution < -0.4 is 5.32 Å². The van der Waals surface area contributed by atoms with Crippen molar-refractivity contribution in [3.63, 3.8) is 0 Å². The van der Waals surface area contributed by atoms with Crippen molar-refractivity contribution < 1.29 is 19.5 Å². The van der Waals surface area contributed by atoms with Gasteiger partial charge in [-0.05, 0) is 51.7 Å². The molecule has 1 atom stereocenters. The summed E-state index contributed by atoms with van der Waals surface area (Å²) in [5.74, 6) is -0.368. The van der Waals surface area contributed by atoms with Gasteiger partial charge in [0, 0.05) is 12.6 Å². The van der Waals surface area contributed by atoms with Gasteiger partial charge in [0.05, 0.1) is 12.6 Å². The van der Waals surface area contributed by atoms with Crippen LogP contribution in [0.1, 0.15) is 60.8 Å². The molecule has 2 N–H and O–H groups in total. The molecule has 35 heavy (non-hydrogen) atoms. The van der Waals surface area contributed by atoms with Gasteiger partial charge < -0.3 is 20.2 Å². The van der Waals surface area contributed by atoms with Crippen LogP contribution in [0.3, 0.4) is 0 Å². The molecule has 1 saturated heterocycles. The predicted octanol–water partition coefficient (Wildman–Crippen LogP) is 4.70. The summed E-state index contributed by atoms with van der Waals surface area (Å²) >= 11 is 0. The average molecular weight is 492 g/mol. The Bertz CT molecular complexity index is 670. The van der Waals surface area contributed by atoms with E-state index in [1.807, 2.05) is 50.2 Å². The van der Waals surface area contributed by atoms with Crippen molar-refractivity contribution in [1.82, 2.24) is 15.1 Å². The number of carbonyl (C=O) groups is 3. The molecule has 1 aromatic rings. The highest BCUT2D eigenvalue weighted by atomic mass is 16.4. The number of hydrogen-bond donors (Lipinski definition) is 2. The molecule has 0 aliphatic carbocycles. The smallest absolute Gasteiger partial charge is 0.331 e. The molecule has 1 aliphatic rings. The molecule has 1 heterocycles. The lowest BCUT2D eigenvalue weighted by Crippen LogP contribution is -2.43. The number of piperidine rings is 1. The maximum atomic E-state index is 11.7. The summed E-state index contributed by atoms with van der Waals surface area (Å²) in [5.41, 5.74) is 0.191. The van der Waals surface area contributed by atoms with Crippen molar-refractivity contribution in [2.24, 2.45) is 11.8 Å². The van der Waals surface area contributed by atoms with Crippen LogP contribution in [0.25, 0.3) is 0 Å². The summed E-state index contributed by atoms with van der Waals surface area (Å²) in [6, 6.07) is 11.7. The molecule has 200 valence electrons. The van der Waals surface area contributed by atoms with Crippen molar-refractivity contribution in [3.8, 4) is 0 Å². The van der Waals surface area contributed by atoms with Gasteiger partial charge in [-0.3, -0.25) is 9.59 Å². The monoisotopic (exact) mass is 491 g/mol. The number of likely N-dealkylation sites (N-methyl/N-ethyl adjacent to an activating group) is 1. The maximum Gasteiger partial charge on any atom is 0.331 e. The molecule has 7 nitrogen and oxygen atoms in total. The Labute approximate surface area is 213 Å². The number of likely N-dealkylation sites (tertiary alicyclic amines) is 1. The fourth-order valence-electron chi connectivity index (χ4n) is 2.94. The zero-order valence-corrected chi connectivity index (χ0v) is 23.2. The number of benzene rings is 1. The average Bonchev–Trinajstić information content (AvgIpc) is 2.82. The van der Waals surface area contributed by atoms with Gasteiger partial charge in [-0.1, -0.05) is 83.5 Å². The standard InChI is InChI=1S/C12H20N2O4.C6H13N.C6H6.C4H10/c1-8(2)10(5-9(3)12(17)18)14(4)11(16)6-13-7-15;1-7-5-3-2-4-6-7;1-2-4-6-5-3-1;1-4(2)3/h5,7-8,10H,6H2,1-4H3,(H,13,15)(H,17,18);2-6H2,1H3;1-6H;4H,1-3H3/b9-5+;;;. The first kappa shape index (κ1) is 34.5. The van der Waals surface area contributed by atoms with Crippen LogP contribution in [0, 0.1) is 11.8 Å². The number of carboxylic acids is 1. The molecule has 7 heteroatoms. The zero-order chi connectivity index (χ0) is 27.2. The zero-order valence-electron chi connectivity index (χ0n) is 23.2. The van der Waals surface area contributed by atoms with Crippen LogP contribution in [0.2, 0.25) is 0 Å². The Morgan fingerprint density at radius 2 is 1.40 bits per heavy atom. The first-order valence-electron chi connectivity index (χ1n) is 12.5. The highest BCUT2D eigenvalue weighted by Crippen LogP contribution is 2.13. The lowest BCUT2D eigenvalue weighted by molar-refractivity contribution is -0.133. The number of amides is 2. The summed E-state index contributed by atoms with van der Waals surface area (Å²) in [7, 11) is 3.78. The molecule has 1 aliphatic heterocycles. The van der Waals surface area contributed by atoms with Crippen LogP contribution in [0.15, 0.2) is 48.0 Å². The van der Waals surface area contributed by atoms with Gasteiger partial charge in [-0.25, -0.2) is 4.79 Å². The van der Waals surface area contributed by atoms with E-state index in [4.69, 9.17) is 5.11 Å². The van der Waals surface area contributed by atoms with Crippen molar-refractivity contribution in [2.75, 3.05) is 33.7 Å². The summed E-state index contributed by atoms with van der Waals surface area (Å²) in [5, 5.41) is 11.1. The Morgan fingerprint density at radius 3 is 1.69 bits per heavy atom. The molecule has 2 amide bonds. The summed E-state index contributed by atoms with van der Waals surface area (Å²) in [6.07, 6.45) is 6.28. The molecule has 0 bridgehead atoms. The van der Waals surface area contributed by atoms with E-state index in [0.29, 0.717) is 6.41 Å². The number of carbonyl (C=O) groups excluding carboxylic acids is 2. The van der Waals surface area contributed by atoms with Crippen LogP contribution >= 0.6 is 0 Å². The lowest BCUT2D eigenvalue weighted by Gasteiger charge is -2.29. The molecule has 1 fully saturated rings. The molecule has 0 saturated carbocycles. The molecule has 1 aromatic carbocycles. The van der Waals surface area contributed by atoms with E-state index < -0.39 is 5.97 Å². The SMILES string of the molecule is C/C(=C\C(C(C)C)N(C)C(=O)CNC=O)C(=O)O.CC(C)C.CN1CCCCC1.c1ccccc1. The molecule has 0 spiro atoms. The number of hydrogen-bond acceptors (Lipinski definition) is 4. The fourth-order valence-corrected chi connectivity index (χ4v) is 2.94. The molecular weight excluding hydrogens is 442 g/mol. The van der Waals surface area contributed by atoms with E-state index in [9.17, 15) is 14.4 Å². The second-order valence-corrected chi connectivity index (χ2v) is 9.64. The second kappa shape index (κ2) is 21.8. The van der Waals surface area contributed by atoms with Crippen LogP contribution in [0.5, 0.6) is 0 Å². The number of carboxylic acid groups (broad SMARTS) is 1. The Balaban J connectivity index is 0. The van der Waals surface area contributed by atoms with Gasteiger partial charge in [0.1, 0.15) is 0 Å². The van der Waals surface area contributed by atoms with Gasteiger partial charge in [0.2, 0.25) is 12.3 Å². The highest BCUT2D eigenvalue weighted by molar-refractivity contribution is 5.86. The van der Waals surface area contributed by atoms with Crippen molar-refractivity contribution in [3.05, 3.63) is 48.0 Å². The van der Waals surface area contributed by atoms with E-state index in [1.165, 1.54) is 44.2 Å². The highest BCUT2D eigenvalue weighted by Gasteiger charge is 2.21. The number of nitrogens with one attached hydrogen (secondary N) is 1. The third kappa shape index (κ3) is 21.6.